The summed E-state index contributed by atoms with van der Waals surface area (Å²) in [6.45, 7) is 4.42. The predicted octanol–water partition coefficient (Wildman–Crippen LogP) is 2.80. The van der Waals surface area contributed by atoms with E-state index in [0.717, 1.165) is 24.9 Å². The molecule has 0 aliphatic heterocycles. The van der Waals surface area contributed by atoms with Gasteiger partial charge >= 0.3 is 17.6 Å². The van der Waals surface area contributed by atoms with E-state index in [1.54, 1.807) is 42.7 Å². The zero-order valence-electron chi connectivity index (χ0n) is 15.4. The van der Waals surface area contributed by atoms with Gasteiger partial charge in [0.15, 0.2) is 0 Å². The van der Waals surface area contributed by atoms with Crippen LogP contribution in [-0.2, 0) is 26.6 Å². The van der Waals surface area contributed by atoms with Gasteiger partial charge in [-0.15, -0.1) is 0 Å². The van der Waals surface area contributed by atoms with Crippen LogP contribution in [0, 0.1) is 11.8 Å². The molecule has 2 atom stereocenters. The summed E-state index contributed by atoms with van der Waals surface area (Å²) >= 11 is 0. The largest absolute Gasteiger partial charge is 0.500 e. The quantitative estimate of drug-likeness (QED) is 0.474. The molecule has 0 radical (unpaired) electrons. The first-order valence-corrected chi connectivity index (χ1v) is 11.5. The summed E-state index contributed by atoms with van der Waals surface area (Å²) in [5.74, 6) is 0.940. The van der Waals surface area contributed by atoms with E-state index in [4.69, 9.17) is 26.6 Å². The summed E-state index contributed by atoms with van der Waals surface area (Å²) in [5, 5.41) is 0. The van der Waals surface area contributed by atoms with Crippen LogP contribution in [0.25, 0.3) is 0 Å². The molecule has 22 heavy (non-hydrogen) atoms. The van der Waals surface area contributed by atoms with Crippen molar-refractivity contribution >= 4 is 17.6 Å². The summed E-state index contributed by atoms with van der Waals surface area (Å²) in [7, 11) is 4.97. The summed E-state index contributed by atoms with van der Waals surface area (Å²) in [4.78, 5) is 0. The van der Waals surface area contributed by atoms with Gasteiger partial charge in [-0.3, -0.25) is 0 Å². The van der Waals surface area contributed by atoms with Crippen molar-refractivity contribution in [1.29, 1.82) is 0 Å². The molecule has 0 spiro atoms. The topological polar surface area (TPSA) is 55.4 Å². The van der Waals surface area contributed by atoms with E-state index in [2.05, 4.69) is 13.8 Å². The Bertz CT molecular complexity index is 240. The lowest BCUT2D eigenvalue weighted by atomic mass is 10.0. The first-order chi connectivity index (χ1) is 10.4. The molecule has 0 aromatic heterocycles. The van der Waals surface area contributed by atoms with Crippen LogP contribution in [0.15, 0.2) is 0 Å². The lowest BCUT2D eigenvalue weighted by molar-refractivity contribution is 0.114. The molecule has 134 valence electrons. The minimum Gasteiger partial charge on any atom is -0.377 e. The van der Waals surface area contributed by atoms with E-state index < -0.39 is 17.6 Å². The molecule has 6 nitrogen and oxygen atoms in total. The molecule has 0 heterocycles. The Balaban J connectivity index is 4.37. The molecule has 2 unspecified atom stereocenters. The Morgan fingerprint density at radius 3 is 0.955 bits per heavy atom. The monoisotopic (exact) mass is 354 g/mol. The van der Waals surface area contributed by atoms with Gasteiger partial charge in [-0.05, 0) is 11.8 Å². The summed E-state index contributed by atoms with van der Waals surface area (Å²) in [5.41, 5.74) is 0. The summed E-state index contributed by atoms with van der Waals surface area (Å²) < 4.78 is 32.9. The smallest absolute Gasteiger partial charge is 0.377 e. The van der Waals surface area contributed by atoms with Crippen molar-refractivity contribution in [2.45, 2.75) is 38.8 Å². The fourth-order valence-electron chi connectivity index (χ4n) is 2.63. The normalized spacial score (nSPS) is 15.8. The van der Waals surface area contributed by atoms with Gasteiger partial charge in [0, 0.05) is 54.7 Å². The third-order valence-corrected chi connectivity index (χ3v) is 10.3. The van der Waals surface area contributed by atoms with Gasteiger partial charge in [-0.2, -0.15) is 0 Å². The van der Waals surface area contributed by atoms with Crippen LogP contribution in [0.3, 0.4) is 0 Å². The van der Waals surface area contributed by atoms with E-state index in [1.165, 1.54) is 0 Å². The zero-order chi connectivity index (χ0) is 17.2. The van der Waals surface area contributed by atoms with Crippen LogP contribution in [0.5, 0.6) is 0 Å². The first-order valence-electron chi connectivity index (χ1n) is 7.67. The Morgan fingerprint density at radius 2 is 0.773 bits per heavy atom. The number of rotatable bonds is 13. The highest BCUT2D eigenvalue weighted by Gasteiger charge is 2.41. The first kappa shape index (κ1) is 22.2. The fraction of sp³-hybridized carbons (Fsp3) is 1.00. The van der Waals surface area contributed by atoms with Gasteiger partial charge in [0.2, 0.25) is 0 Å². The van der Waals surface area contributed by atoms with Crippen molar-refractivity contribution in [1.82, 2.24) is 0 Å². The van der Waals surface area contributed by atoms with Crippen LogP contribution in [0.4, 0.5) is 0 Å². The van der Waals surface area contributed by atoms with Crippen molar-refractivity contribution in [2.75, 3.05) is 42.7 Å². The minimum atomic E-state index is -2.49. The maximum Gasteiger partial charge on any atom is 0.500 e. The second-order valence-corrected chi connectivity index (χ2v) is 11.8. The minimum absolute atomic E-state index is 0.470. The van der Waals surface area contributed by atoms with E-state index >= 15 is 0 Å². The van der Waals surface area contributed by atoms with Crippen molar-refractivity contribution in [3.8, 4) is 0 Å². The van der Waals surface area contributed by atoms with Crippen LogP contribution >= 0.6 is 0 Å². The molecule has 8 heteroatoms. The molecule has 0 N–H and O–H groups in total. The van der Waals surface area contributed by atoms with Crippen LogP contribution in [0.1, 0.15) is 26.7 Å². The highest BCUT2D eigenvalue weighted by atomic mass is 28.4. The molecule has 0 aliphatic rings. The molecular formula is C14H34O6Si2. The van der Waals surface area contributed by atoms with Crippen molar-refractivity contribution < 1.29 is 26.6 Å². The molecule has 0 amide bonds. The zero-order valence-corrected chi connectivity index (χ0v) is 17.4. The van der Waals surface area contributed by atoms with E-state index in [9.17, 15) is 0 Å². The average Bonchev–Trinajstić information content (AvgIpc) is 2.56. The van der Waals surface area contributed by atoms with E-state index in [-0.39, 0.29) is 0 Å². The summed E-state index contributed by atoms with van der Waals surface area (Å²) in [6.07, 6.45) is 2.15. The van der Waals surface area contributed by atoms with Crippen LogP contribution < -0.4 is 0 Å². The number of hydrogen-bond acceptors (Lipinski definition) is 6. The molecule has 0 fully saturated rings. The van der Waals surface area contributed by atoms with Crippen LogP contribution in [0.2, 0.25) is 12.1 Å². The lowest BCUT2D eigenvalue weighted by Crippen LogP contribution is -2.44. The molecule has 0 rings (SSSR count). The molecule has 0 aliphatic carbocycles. The molecular weight excluding hydrogens is 320 g/mol. The second-order valence-electron chi connectivity index (χ2n) is 5.79. The third-order valence-electron chi connectivity index (χ3n) is 4.22. The molecule has 0 aromatic rings. The fourth-order valence-corrected chi connectivity index (χ4v) is 6.74. The Morgan fingerprint density at radius 1 is 0.545 bits per heavy atom. The SMILES string of the molecule is CO[Si](CC(C)CCC(C)C[Si](OC)(OC)OC)(OC)OC. The lowest BCUT2D eigenvalue weighted by Gasteiger charge is -2.29. The van der Waals surface area contributed by atoms with Crippen LogP contribution in [-0.4, -0.2) is 60.3 Å². The average molecular weight is 355 g/mol. The molecule has 0 saturated carbocycles. The predicted molar refractivity (Wildman–Crippen MR) is 90.7 cm³/mol. The van der Waals surface area contributed by atoms with Gasteiger partial charge < -0.3 is 26.6 Å². The highest BCUT2D eigenvalue weighted by molar-refractivity contribution is 6.61. The third kappa shape index (κ3) is 6.75. The van der Waals surface area contributed by atoms with Gasteiger partial charge in [0.25, 0.3) is 0 Å². The Hall–Kier alpha value is 0.194. The van der Waals surface area contributed by atoms with E-state index in [0.29, 0.717) is 11.8 Å². The second kappa shape index (κ2) is 10.9. The maximum atomic E-state index is 5.49. The van der Waals surface area contributed by atoms with Crippen molar-refractivity contribution in [3.05, 3.63) is 0 Å². The Kier molecular flexibility index (Phi) is 11.0. The van der Waals surface area contributed by atoms with Crippen molar-refractivity contribution in [2.24, 2.45) is 11.8 Å². The highest BCUT2D eigenvalue weighted by Crippen LogP contribution is 2.27. The van der Waals surface area contributed by atoms with E-state index in [1.807, 2.05) is 0 Å². The molecule has 0 bridgehead atoms. The van der Waals surface area contributed by atoms with Gasteiger partial charge in [0.1, 0.15) is 0 Å². The Labute approximate surface area is 138 Å². The van der Waals surface area contributed by atoms with Gasteiger partial charge in [-0.1, -0.05) is 26.7 Å². The maximum absolute atomic E-state index is 5.49. The van der Waals surface area contributed by atoms with Gasteiger partial charge in [-0.25, -0.2) is 0 Å². The standard InChI is InChI=1S/C14H34O6Si2/c1-13(11-21(15-3,16-4)17-5)9-10-14(2)12-22(18-6,19-7)20-8/h13-14H,9-12H2,1-8H3. The summed E-state index contributed by atoms with van der Waals surface area (Å²) in [6, 6.07) is 1.65. The van der Waals surface area contributed by atoms with Gasteiger partial charge in [0.05, 0.1) is 0 Å². The number of hydrogen-bond donors (Lipinski definition) is 0. The van der Waals surface area contributed by atoms with Crippen molar-refractivity contribution in [3.63, 3.8) is 0 Å². The molecule has 0 aromatic carbocycles. The molecule has 0 saturated heterocycles.